The number of carbonyl (C=O) groups is 1. The van der Waals surface area contributed by atoms with Gasteiger partial charge in [-0.1, -0.05) is 63.9 Å². The van der Waals surface area contributed by atoms with E-state index in [1.54, 1.807) is 19.2 Å². The summed E-state index contributed by atoms with van der Waals surface area (Å²) >= 11 is 0. The van der Waals surface area contributed by atoms with Crippen molar-refractivity contribution in [3.63, 3.8) is 0 Å². The Balaban J connectivity index is 1.88. The van der Waals surface area contributed by atoms with E-state index in [9.17, 15) is 9.18 Å². The molecule has 3 aromatic rings. The van der Waals surface area contributed by atoms with E-state index in [1.807, 2.05) is 36.4 Å². The Hall–Kier alpha value is -3.34. The first kappa shape index (κ1) is 27.3. The Kier molecular flexibility index (Phi) is 9.51. The summed E-state index contributed by atoms with van der Waals surface area (Å²) in [5, 5.41) is 8.94. The second kappa shape index (κ2) is 12.6. The van der Waals surface area contributed by atoms with E-state index in [-0.39, 0.29) is 17.7 Å². The summed E-state index contributed by atoms with van der Waals surface area (Å²) in [5.74, 6) is 0.234. The summed E-state index contributed by atoms with van der Waals surface area (Å²) in [6, 6.07) is 18.5. The predicted molar refractivity (Wildman–Crippen MR) is 142 cm³/mol. The van der Waals surface area contributed by atoms with E-state index in [1.165, 1.54) is 6.07 Å². The van der Waals surface area contributed by atoms with Crippen LogP contribution in [0.2, 0.25) is 0 Å². The zero-order valence-electron chi connectivity index (χ0n) is 21.8. The molecule has 0 fully saturated rings. The lowest BCUT2D eigenvalue weighted by Crippen LogP contribution is -2.16. The number of ether oxygens (including phenoxy) is 2. The number of hydrogen-bond donors (Lipinski definition) is 1. The molecule has 5 heteroatoms. The first-order valence-electron chi connectivity index (χ1n) is 12.6. The number of carboxylic acids is 1. The molecule has 0 aliphatic heterocycles. The fraction of sp³-hybridized carbons (Fsp3) is 0.387. The predicted octanol–water partition coefficient (Wildman–Crippen LogP) is 7.86. The molecule has 3 aromatic carbocycles. The highest BCUT2D eigenvalue weighted by Crippen LogP contribution is 2.36. The van der Waals surface area contributed by atoms with Crippen LogP contribution in [0.1, 0.15) is 63.1 Å². The number of aliphatic carboxylic acids is 1. The van der Waals surface area contributed by atoms with Gasteiger partial charge < -0.3 is 14.6 Å². The smallest absolute Gasteiger partial charge is 0.303 e. The summed E-state index contributed by atoms with van der Waals surface area (Å²) < 4.78 is 26.3. The molecule has 0 aliphatic rings. The number of rotatable bonds is 13. The van der Waals surface area contributed by atoms with Gasteiger partial charge in [-0.3, -0.25) is 4.79 Å². The lowest BCUT2D eigenvalue weighted by Gasteiger charge is -2.26. The highest BCUT2D eigenvalue weighted by molar-refractivity contribution is 5.70. The molecule has 0 spiro atoms. The van der Waals surface area contributed by atoms with Crippen LogP contribution in [-0.4, -0.2) is 18.2 Å². The van der Waals surface area contributed by atoms with E-state index in [2.05, 4.69) is 26.8 Å². The van der Waals surface area contributed by atoms with Crippen molar-refractivity contribution in [1.29, 1.82) is 0 Å². The minimum Gasteiger partial charge on any atom is -0.497 e. The van der Waals surface area contributed by atoms with Gasteiger partial charge in [0.05, 0.1) is 7.11 Å². The molecule has 3 rings (SSSR count). The normalized spacial score (nSPS) is 11.4. The van der Waals surface area contributed by atoms with Gasteiger partial charge in [0.25, 0.3) is 0 Å². The number of hydrogen-bond acceptors (Lipinski definition) is 3. The fourth-order valence-electron chi connectivity index (χ4n) is 4.45. The van der Waals surface area contributed by atoms with E-state index < -0.39 is 5.97 Å². The van der Waals surface area contributed by atoms with Gasteiger partial charge in [-0.2, -0.15) is 0 Å². The lowest BCUT2D eigenvalue weighted by molar-refractivity contribution is -0.136. The molecule has 192 valence electrons. The summed E-state index contributed by atoms with van der Waals surface area (Å²) in [4.78, 5) is 10.9. The van der Waals surface area contributed by atoms with Crippen LogP contribution in [0.4, 0.5) is 4.39 Å². The highest BCUT2D eigenvalue weighted by Gasteiger charge is 2.22. The van der Waals surface area contributed by atoms with E-state index in [0.29, 0.717) is 30.1 Å². The van der Waals surface area contributed by atoms with Crippen molar-refractivity contribution in [2.75, 3.05) is 7.11 Å². The molecular formula is C31H37FO4. The standard InChI is InChI=1S/C31H37FO4/c1-5-6-16-31(2,3)20-24-17-23(10-13-27(24)28-19-25(35-4)12-14-29(28)32)21-36-26-9-7-8-22(18-26)11-15-30(33)34/h7-10,12-14,17-19H,5-6,11,15-16,20-21H2,1-4H3,(H,33,34). The Morgan fingerprint density at radius 3 is 2.50 bits per heavy atom. The van der Waals surface area contributed by atoms with Gasteiger partial charge in [-0.15, -0.1) is 0 Å². The van der Waals surface area contributed by atoms with Crippen LogP contribution in [0, 0.1) is 11.2 Å². The van der Waals surface area contributed by atoms with Crippen LogP contribution in [0.25, 0.3) is 11.1 Å². The van der Waals surface area contributed by atoms with Crippen LogP contribution in [0.5, 0.6) is 11.5 Å². The van der Waals surface area contributed by atoms with Gasteiger partial charge >= 0.3 is 5.97 Å². The molecule has 0 saturated carbocycles. The van der Waals surface area contributed by atoms with Crippen molar-refractivity contribution in [2.24, 2.45) is 5.41 Å². The van der Waals surface area contributed by atoms with Crippen LogP contribution in [0.3, 0.4) is 0 Å². The molecule has 0 atom stereocenters. The monoisotopic (exact) mass is 492 g/mol. The molecule has 0 bridgehead atoms. The lowest BCUT2D eigenvalue weighted by atomic mass is 9.79. The summed E-state index contributed by atoms with van der Waals surface area (Å²) in [5.41, 5.74) is 4.48. The van der Waals surface area contributed by atoms with Crippen molar-refractivity contribution in [2.45, 2.75) is 65.9 Å². The number of unbranched alkanes of at least 4 members (excludes halogenated alkanes) is 1. The van der Waals surface area contributed by atoms with Gasteiger partial charge in [0, 0.05) is 12.0 Å². The van der Waals surface area contributed by atoms with Crippen molar-refractivity contribution < 1.29 is 23.8 Å². The zero-order chi connectivity index (χ0) is 26.1. The molecule has 0 amide bonds. The number of aryl methyl sites for hydroxylation is 1. The van der Waals surface area contributed by atoms with E-state index in [4.69, 9.17) is 14.6 Å². The van der Waals surface area contributed by atoms with Crippen molar-refractivity contribution >= 4 is 5.97 Å². The first-order chi connectivity index (χ1) is 17.2. The Labute approximate surface area is 214 Å². The topological polar surface area (TPSA) is 55.8 Å². The molecular weight excluding hydrogens is 455 g/mol. The van der Waals surface area contributed by atoms with Gasteiger partial charge in [-0.25, -0.2) is 4.39 Å². The van der Waals surface area contributed by atoms with Crippen LogP contribution < -0.4 is 9.47 Å². The number of benzene rings is 3. The van der Waals surface area contributed by atoms with Gasteiger partial charge in [0.15, 0.2) is 0 Å². The average molecular weight is 493 g/mol. The molecule has 0 heterocycles. The Bertz CT molecular complexity index is 1170. The van der Waals surface area contributed by atoms with Gasteiger partial charge in [0.2, 0.25) is 0 Å². The summed E-state index contributed by atoms with van der Waals surface area (Å²) in [6.45, 7) is 7.09. The maximum absolute atomic E-state index is 14.9. The third kappa shape index (κ3) is 7.84. The van der Waals surface area contributed by atoms with E-state index in [0.717, 1.165) is 47.9 Å². The number of carboxylic acid groups (broad SMARTS) is 1. The summed E-state index contributed by atoms with van der Waals surface area (Å²) in [6.07, 6.45) is 4.75. The van der Waals surface area contributed by atoms with Crippen LogP contribution in [-0.2, 0) is 24.2 Å². The summed E-state index contributed by atoms with van der Waals surface area (Å²) in [7, 11) is 1.59. The highest BCUT2D eigenvalue weighted by atomic mass is 19.1. The average Bonchev–Trinajstić information content (AvgIpc) is 2.86. The third-order valence-corrected chi connectivity index (χ3v) is 6.44. The number of halogens is 1. The molecule has 0 radical (unpaired) electrons. The molecule has 36 heavy (non-hydrogen) atoms. The molecule has 0 saturated heterocycles. The SMILES string of the molecule is CCCCC(C)(C)Cc1cc(COc2cccc(CCC(=O)O)c2)ccc1-c1cc(OC)ccc1F. The molecule has 0 aliphatic carbocycles. The second-order valence-electron chi connectivity index (χ2n) is 10.1. The Morgan fingerprint density at radius 1 is 0.972 bits per heavy atom. The van der Waals surface area contributed by atoms with Crippen LogP contribution in [0.15, 0.2) is 60.7 Å². The number of methoxy groups -OCH3 is 1. The zero-order valence-corrected chi connectivity index (χ0v) is 21.8. The quantitative estimate of drug-likeness (QED) is 0.264. The molecule has 0 aromatic heterocycles. The first-order valence-corrected chi connectivity index (χ1v) is 12.6. The second-order valence-corrected chi connectivity index (χ2v) is 10.1. The van der Waals surface area contributed by atoms with Crippen molar-refractivity contribution in [1.82, 2.24) is 0 Å². The minimum absolute atomic E-state index is 0.0675. The maximum atomic E-state index is 14.9. The van der Waals surface area contributed by atoms with Gasteiger partial charge in [-0.05, 0) is 77.3 Å². The van der Waals surface area contributed by atoms with Crippen molar-refractivity contribution in [3.05, 3.63) is 83.2 Å². The minimum atomic E-state index is -0.816. The van der Waals surface area contributed by atoms with Gasteiger partial charge in [0.1, 0.15) is 23.9 Å². The molecule has 4 nitrogen and oxygen atoms in total. The fourth-order valence-corrected chi connectivity index (χ4v) is 4.45. The third-order valence-electron chi connectivity index (χ3n) is 6.44. The molecule has 0 unspecified atom stereocenters. The largest absolute Gasteiger partial charge is 0.497 e. The van der Waals surface area contributed by atoms with E-state index >= 15 is 0 Å². The van der Waals surface area contributed by atoms with Crippen LogP contribution >= 0.6 is 0 Å². The maximum Gasteiger partial charge on any atom is 0.303 e. The molecule has 1 N–H and O–H groups in total. The van der Waals surface area contributed by atoms with Crippen molar-refractivity contribution in [3.8, 4) is 22.6 Å². The Morgan fingerprint density at radius 2 is 1.78 bits per heavy atom.